The number of hydrogen-bond acceptors (Lipinski definition) is 5. The zero-order valence-electron chi connectivity index (χ0n) is 16.6. The van der Waals surface area contributed by atoms with Crippen molar-refractivity contribution < 1.29 is 9.59 Å². The number of aromatic nitrogens is 3. The van der Waals surface area contributed by atoms with E-state index in [0.29, 0.717) is 38.2 Å². The molecule has 0 radical (unpaired) electrons. The zero-order chi connectivity index (χ0) is 20.4. The van der Waals surface area contributed by atoms with Crippen LogP contribution < -0.4 is 5.56 Å². The molecule has 2 aromatic heterocycles. The Kier molecular flexibility index (Phi) is 5.17. The number of aromatic amines is 1. The lowest BCUT2D eigenvalue weighted by molar-refractivity contribution is -0.139. The van der Waals surface area contributed by atoms with Crippen molar-refractivity contribution in [2.45, 2.75) is 39.2 Å². The summed E-state index contributed by atoms with van der Waals surface area (Å²) in [4.78, 5) is 51.6. The maximum atomic E-state index is 12.9. The molecular formula is C21H25N5O3. The molecule has 29 heavy (non-hydrogen) atoms. The highest BCUT2D eigenvalue weighted by Crippen LogP contribution is 2.39. The molecule has 1 spiro atoms. The minimum Gasteiger partial charge on any atom is -0.338 e. The third kappa shape index (κ3) is 4.21. The number of carbonyl (C=O) groups excluding carboxylic acids is 2. The molecule has 1 N–H and O–H groups in total. The van der Waals surface area contributed by atoms with Crippen LogP contribution in [-0.2, 0) is 11.3 Å². The van der Waals surface area contributed by atoms with Crippen molar-refractivity contribution in [3.05, 3.63) is 58.0 Å². The molecule has 1 unspecified atom stereocenters. The van der Waals surface area contributed by atoms with E-state index in [0.717, 1.165) is 30.7 Å². The zero-order valence-corrected chi connectivity index (χ0v) is 16.6. The fourth-order valence-electron chi connectivity index (χ4n) is 4.38. The van der Waals surface area contributed by atoms with Gasteiger partial charge in [-0.25, -0.2) is 0 Å². The molecule has 0 bridgehead atoms. The Morgan fingerprint density at radius 3 is 2.76 bits per heavy atom. The lowest BCUT2D eigenvalue weighted by Gasteiger charge is -2.48. The molecule has 2 amide bonds. The molecule has 8 heteroatoms. The van der Waals surface area contributed by atoms with Crippen molar-refractivity contribution in [1.82, 2.24) is 24.8 Å². The van der Waals surface area contributed by atoms with Gasteiger partial charge in [-0.3, -0.25) is 24.4 Å². The van der Waals surface area contributed by atoms with Crippen LogP contribution in [0.25, 0.3) is 0 Å². The number of nitrogens with one attached hydrogen (secondary N) is 1. The summed E-state index contributed by atoms with van der Waals surface area (Å²) in [5, 5.41) is 0. The minimum absolute atomic E-state index is 0.0758. The monoisotopic (exact) mass is 395 g/mol. The van der Waals surface area contributed by atoms with Gasteiger partial charge in [-0.15, -0.1) is 0 Å². The molecule has 2 fully saturated rings. The van der Waals surface area contributed by atoms with E-state index < -0.39 is 0 Å². The van der Waals surface area contributed by atoms with Crippen LogP contribution >= 0.6 is 0 Å². The van der Waals surface area contributed by atoms with Crippen LogP contribution in [0.1, 0.15) is 47.4 Å². The molecule has 4 rings (SSSR count). The average molecular weight is 395 g/mol. The van der Waals surface area contributed by atoms with Crippen molar-refractivity contribution in [3.8, 4) is 0 Å². The van der Waals surface area contributed by atoms with Crippen LogP contribution in [0.5, 0.6) is 0 Å². The summed E-state index contributed by atoms with van der Waals surface area (Å²) >= 11 is 0. The first-order valence-corrected chi connectivity index (χ1v) is 9.97. The number of carbonyl (C=O) groups is 2. The van der Waals surface area contributed by atoms with Crippen LogP contribution in [-0.4, -0.2) is 56.2 Å². The summed E-state index contributed by atoms with van der Waals surface area (Å²) in [7, 11) is 0. The summed E-state index contributed by atoms with van der Waals surface area (Å²) in [5.41, 5.74) is 1.79. The fourth-order valence-corrected chi connectivity index (χ4v) is 4.38. The number of rotatable bonds is 3. The minimum atomic E-state index is -0.225. The molecule has 2 aliphatic heterocycles. The molecule has 8 nitrogen and oxygen atoms in total. The van der Waals surface area contributed by atoms with E-state index in [4.69, 9.17) is 0 Å². The quantitative estimate of drug-likeness (QED) is 0.849. The highest BCUT2D eigenvalue weighted by Gasteiger charge is 2.42. The van der Waals surface area contributed by atoms with Gasteiger partial charge in [-0.05, 0) is 32.3 Å². The second-order valence-electron chi connectivity index (χ2n) is 8.17. The molecule has 2 aliphatic rings. The Morgan fingerprint density at radius 1 is 1.17 bits per heavy atom. The molecule has 0 aliphatic carbocycles. The SMILES string of the molecule is Cc1cnc(CN2CC3(CCCN(C(=O)c4ccc(=O)[nH]c4)C3)CCC2=O)cn1. The van der Waals surface area contributed by atoms with Crippen molar-refractivity contribution in [2.24, 2.45) is 5.41 Å². The van der Waals surface area contributed by atoms with Gasteiger partial charge in [0, 0.05) is 49.9 Å². The Labute approximate surface area is 169 Å². The number of piperidine rings is 2. The van der Waals surface area contributed by atoms with Crippen molar-refractivity contribution >= 4 is 11.8 Å². The van der Waals surface area contributed by atoms with E-state index in [-0.39, 0.29) is 22.8 Å². The van der Waals surface area contributed by atoms with Gasteiger partial charge in [0.05, 0.1) is 29.7 Å². The molecular weight excluding hydrogens is 370 g/mol. The average Bonchev–Trinajstić information content (AvgIpc) is 2.73. The Bertz CT molecular complexity index is 951. The number of hydrogen-bond donors (Lipinski definition) is 1. The highest BCUT2D eigenvalue weighted by molar-refractivity contribution is 5.94. The second kappa shape index (κ2) is 7.77. The van der Waals surface area contributed by atoms with Gasteiger partial charge >= 0.3 is 0 Å². The van der Waals surface area contributed by atoms with E-state index >= 15 is 0 Å². The Morgan fingerprint density at radius 2 is 2.03 bits per heavy atom. The third-order valence-electron chi connectivity index (χ3n) is 5.92. The smallest absolute Gasteiger partial charge is 0.255 e. The van der Waals surface area contributed by atoms with Gasteiger partial charge in [0.2, 0.25) is 11.5 Å². The Hall–Kier alpha value is -3.03. The lowest BCUT2D eigenvalue weighted by atomic mass is 9.73. The number of amides is 2. The largest absolute Gasteiger partial charge is 0.338 e. The van der Waals surface area contributed by atoms with E-state index in [9.17, 15) is 14.4 Å². The van der Waals surface area contributed by atoms with Gasteiger partial charge < -0.3 is 14.8 Å². The summed E-state index contributed by atoms with van der Waals surface area (Å²) in [6.45, 7) is 4.26. The van der Waals surface area contributed by atoms with Crippen LogP contribution in [0, 0.1) is 12.3 Å². The van der Waals surface area contributed by atoms with E-state index in [1.54, 1.807) is 18.5 Å². The second-order valence-corrected chi connectivity index (χ2v) is 8.17. The highest BCUT2D eigenvalue weighted by atomic mass is 16.2. The molecule has 152 valence electrons. The first-order valence-electron chi connectivity index (χ1n) is 9.97. The number of pyridine rings is 1. The van der Waals surface area contributed by atoms with Gasteiger partial charge in [0.15, 0.2) is 0 Å². The van der Waals surface area contributed by atoms with Crippen LogP contribution in [0.4, 0.5) is 0 Å². The topological polar surface area (TPSA) is 99.3 Å². The van der Waals surface area contributed by atoms with Gasteiger partial charge in [0.1, 0.15) is 0 Å². The third-order valence-corrected chi connectivity index (χ3v) is 5.92. The molecule has 4 heterocycles. The van der Waals surface area contributed by atoms with Crippen LogP contribution in [0.3, 0.4) is 0 Å². The van der Waals surface area contributed by atoms with Gasteiger partial charge in [0.25, 0.3) is 5.91 Å². The number of aryl methyl sites for hydroxylation is 1. The lowest BCUT2D eigenvalue weighted by Crippen LogP contribution is -2.54. The molecule has 0 saturated carbocycles. The molecule has 0 aromatic carbocycles. The number of likely N-dealkylation sites (tertiary alicyclic amines) is 2. The standard InChI is InChI=1S/C21H25N5O3/c1-15-9-23-17(11-22-15)12-26-14-21(7-5-19(26)28)6-2-8-25(13-21)20(29)16-3-4-18(27)24-10-16/h3-4,9-11H,2,5-8,12-14H2,1H3,(H,24,27). The summed E-state index contributed by atoms with van der Waals surface area (Å²) in [6.07, 6.45) is 8.07. The van der Waals surface area contributed by atoms with E-state index in [1.165, 1.54) is 12.3 Å². The van der Waals surface area contributed by atoms with E-state index in [1.807, 2.05) is 16.7 Å². The maximum Gasteiger partial charge on any atom is 0.255 e. The number of H-pyrrole nitrogens is 1. The number of nitrogens with zero attached hydrogens (tertiary/aromatic N) is 4. The summed E-state index contributed by atoms with van der Waals surface area (Å²) in [6, 6.07) is 2.94. The molecule has 1 atom stereocenters. The summed E-state index contributed by atoms with van der Waals surface area (Å²) < 4.78 is 0. The van der Waals surface area contributed by atoms with Crippen LogP contribution in [0.15, 0.2) is 35.5 Å². The fraction of sp³-hybridized carbons (Fsp3) is 0.476. The first-order chi connectivity index (χ1) is 13.9. The van der Waals surface area contributed by atoms with Crippen molar-refractivity contribution in [2.75, 3.05) is 19.6 Å². The first kappa shape index (κ1) is 19.3. The molecule has 2 saturated heterocycles. The normalized spacial score (nSPS) is 22.2. The Balaban J connectivity index is 1.48. The van der Waals surface area contributed by atoms with Crippen molar-refractivity contribution in [1.29, 1.82) is 0 Å². The molecule has 2 aromatic rings. The predicted octanol–water partition coefficient (Wildman–Crippen LogP) is 1.52. The summed E-state index contributed by atoms with van der Waals surface area (Å²) in [5.74, 6) is 0.0512. The van der Waals surface area contributed by atoms with Gasteiger partial charge in [-0.1, -0.05) is 0 Å². The van der Waals surface area contributed by atoms with Gasteiger partial charge in [-0.2, -0.15) is 0 Å². The predicted molar refractivity (Wildman–Crippen MR) is 106 cm³/mol. The van der Waals surface area contributed by atoms with Crippen molar-refractivity contribution in [3.63, 3.8) is 0 Å². The maximum absolute atomic E-state index is 12.9. The van der Waals surface area contributed by atoms with E-state index in [2.05, 4.69) is 15.0 Å². The van der Waals surface area contributed by atoms with Crippen LogP contribution in [0.2, 0.25) is 0 Å².